The molecule has 1 atom stereocenters. The van der Waals surface area contributed by atoms with Gasteiger partial charge in [-0.05, 0) is 17.7 Å². The molecular formula is C11H13F2NO4. The van der Waals surface area contributed by atoms with Gasteiger partial charge in [-0.15, -0.1) is 0 Å². The molecule has 1 aromatic rings. The van der Waals surface area contributed by atoms with Crippen molar-refractivity contribution in [2.45, 2.75) is 12.0 Å². The minimum atomic E-state index is -3.42. The average Bonchev–Trinajstić information content (AvgIpc) is 2.84. The summed E-state index contributed by atoms with van der Waals surface area (Å²) in [7, 11) is 1.39. The van der Waals surface area contributed by atoms with Crippen LogP contribution in [0.25, 0.3) is 0 Å². The Balaban J connectivity index is 2.41. The van der Waals surface area contributed by atoms with Gasteiger partial charge in [0.05, 0.1) is 13.2 Å². The minimum Gasteiger partial charge on any atom is -0.493 e. The summed E-state index contributed by atoms with van der Waals surface area (Å²) in [6.07, 6.45) is 0. The fraction of sp³-hybridized carbons (Fsp3) is 0.455. The standard InChI is InChI=1S/C11H13F2NO4/c1-16-7-2-6(10(14)11(12,13)4-15)3-8-9(7)18-5-17-8/h2-3,10,15H,4-5,14H2,1H3/t10-/m1/s1. The fourth-order valence-electron chi connectivity index (χ4n) is 1.67. The molecule has 1 aliphatic rings. The maximum Gasteiger partial charge on any atom is 0.289 e. The van der Waals surface area contributed by atoms with Gasteiger partial charge in [-0.2, -0.15) is 0 Å². The molecule has 0 unspecified atom stereocenters. The van der Waals surface area contributed by atoms with Gasteiger partial charge >= 0.3 is 0 Å². The average molecular weight is 261 g/mol. The zero-order valence-electron chi connectivity index (χ0n) is 9.65. The Labute approximate surface area is 102 Å². The first-order valence-electron chi connectivity index (χ1n) is 5.21. The lowest BCUT2D eigenvalue weighted by atomic mass is 10.0. The summed E-state index contributed by atoms with van der Waals surface area (Å²) in [4.78, 5) is 0. The third-order valence-corrected chi connectivity index (χ3v) is 2.71. The van der Waals surface area contributed by atoms with Gasteiger partial charge in [0.1, 0.15) is 6.61 Å². The van der Waals surface area contributed by atoms with E-state index in [0.717, 1.165) is 0 Å². The summed E-state index contributed by atoms with van der Waals surface area (Å²) in [5.41, 5.74) is 5.55. The van der Waals surface area contributed by atoms with Crippen LogP contribution in [0.5, 0.6) is 17.2 Å². The lowest BCUT2D eigenvalue weighted by Gasteiger charge is -2.22. The Kier molecular flexibility index (Phi) is 3.27. The second-order valence-electron chi connectivity index (χ2n) is 3.85. The van der Waals surface area contributed by atoms with Crippen molar-refractivity contribution in [1.29, 1.82) is 0 Å². The molecular weight excluding hydrogens is 248 g/mol. The predicted molar refractivity (Wildman–Crippen MR) is 58.1 cm³/mol. The van der Waals surface area contributed by atoms with Crippen LogP contribution in [0.15, 0.2) is 12.1 Å². The molecule has 1 aliphatic heterocycles. The van der Waals surface area contributed by atoms with E-state index in [0.29, 0.717) is 11.5 Å². The number of ether oxygens (including phenoxy) is 3. The summed E-state index contributed by atoms with van der Waals surface area (Å²) in [6.45, 7) is -1.33. The Bertz CT molecular complexity index is 453. The van der Waals surface area contributed by atoms with Crippen LogP contribution in [-0.2, 0) is 0 Å². The van der Waals surface area contributed by atoms with E-state index in [1.165, 1.54) is 19.2 Å². The van der Waals surface area contributed by atoms with Crippen molar-refractivity contribution >= 4 is 0 Å². The number of benzene rings is 1. The maximum atomic E-state index is 13.3. The number of rotatable bonds is 4. The molecule has 1 heterocycles. The lowest BCUT2D eigenvalue weighted by Crippen LogP contribution is -2.36. The number of aliphatic hydroxyl groups excluding tert-OH is 1. The van der Waals surface area contributed by atoms with Crippen LogP contribution >= 0.6 is 0 Å². The summed E-state index contributed by atoms with van der Waals surface area (Å²) in [5, 5.41) is 8.63. The van der Waals surface area contributed by atoms with Gasteiger partial charge in [-0.1, -0.05) is 0 Å². The van der Waals surface area contributed by atoms with Gasteiger partial charge in [0.2, 0.25) is 12.5 Å². The number of hydrogen-bond donors (Lipinski definition) is 2. The van der Waals surface area contributed by atoms with Crippen LogP contribution in [0.2, 0.25) is 0 Å². The van der Waals surface area contributed by atoms with Gasteiger partial charge < -0.3 is 25.1 Å². The van der Waals surface area contributed by atoms with Crippen LogP contribution < -0.4 is 19.9 Å². The Morgan fingerprint density at radius 3 is 2.83 bits per heavy atom. The van der Waals surface area contributed by atoms with E-state index in [-0.39, 0.29) is 18.1 Å². The van der Waals surface area contributed by atoms with Crippen molar-refractivity contribution in [3.05, 3.63) is 17.7 Å². The zero-order valence-corrected chi connectivity index (χ0v) is 9.65. The van der Waals surface area contributed by atoms with E-state index < -0.39 is 18.6 Å². The maximum absolute atomic E-state index is 13.3. The first-order chi connectivity index (χ1) is 8.49. The minimum absolute atomic E-state index is 0.000771. The predicted octanol–water partition coefficient (Wildman–Crippen LogP) is 1.05. The number of aliphatic hydroxyl groups is 1. The Morgan fingerprint density at radius 2 is 2.22 bits per heavy atom. The number of alkyl halides is 2. The third kappa shape index (κ3) is 2.06. The van der Waals surface area contributed by atoms with E-state index >= 15 is 0 Å². The molecule has 0 amide bonds. The summed E-state index contributed by atoms with van der Waals surface area (Å²) in [5.74, 6) is -2.49. The van der Waals surface area contributed by atoms with Crippen molar-refractivity contribution in [3.63, 3.8) is 0 Å². The number of nitrogens with two attached hydrogens (primary N) is 1. The Morgan fingerprint density at radius 1 is 1.50 bits per heavy atom. The van der Waals surface area contributed by atoms with E-state index in [9.17, 15) is 8.78 Å². The van der Waals surface area contributed by atoms with E-state index in [2.05, 4.69) is 0 Å². The number of methoxy groups -OCH3 is 1. The van der Waals surface area contributed by atoms with Gasteiger partial charge in [0.25, 0.3) is 5.92 Å². The van der Waals surface area contributed by atoms with Crippen LogP contribution in [0.3, 0.4) is 0 Å². The highest BCUT2D eigenvalue weighted by Crippen LogP contribution is 2.44. The lowest BCUT2D eigenvalue weighted by molar-refractivity contribution is -0.0712. The largest absolute Gasteiger partial charge is 0.493 e. The molecule has 3 N–H and O–H groups in total. The topological polar surface area (TPSA) is 73.9 Å². The second-order valence-corrected chi connectivity index (χ2v) is 3.85. The monoisotopic (exact) mass is 261 g/mol. The second kappa shape index (κ2) is 4.58. The van der Waals surface area contributed by atoms with Crippen molar-refractivity contribution in [3.8, 4) is 17.2 Å². The molecule has 7 heteroatoms. The van der Waals surface area contributed by atoms with Crippen molar-refractivity contribution in [1.82, 2.24) is 0 Å². The molecule has 0 saturated carbocycles. The van der Waals surface area contributed by atoms with Crippen LogP contribution in [0.1, 0.15) is 11.6 Å². The number of halogens is 2. The number of hydrogen-bond acceptors (Lipinski definition) is 5. The molecule has 0 aliphatic carbocycles. The highest BCUT2D eigenvalue weighted by Gasteiger charge is 2.38. The highest BCUT2D eigenvalue weighted by atomic mass is 19.3. The Hall–Kier alpha value is -1.60. The molecule has 0 radical (unpaired) electrons. The first-order valence-corrected chi connectivity index (χ1v) is 5.21. The number of fused-ring (bicyclic) bond motifs is 1. The first kappa shape index (κ1) is 12.8. The normalized spacial score (nSPS) is 15.6. The molecule has 5 nitrogen and oxygen atoms in total. The van der Waals surface area contributed by atoms with Crippen LogP contribution in [0, 0.1) is 0 Å². The molecule has 100 valence electrons. The van der Waals surface area contributed by atoms with Gasteiger partial charge in [0, 0.05) is 0 Å². The molecule has 0 saturated heterocycles. The smallest absolute Gasteiger partial charge is 0.289 e. The van der Waals surface area contributed by atoms with Crippen LogP contribution in [-0.4, -0.2) is 31.5 Å². The highest BCUT2D eigenvalue weighted by molar-refractivity contribution is 5.55. The molecule has 1 aromatic carbocycles. The summed E-state index contributed by atoms with van der Waals surface area (Å²) < 4.78 is 41.9. The molecule has 2 rings (SSSR count). The molecule has 0 bridgehead atoms. The van der Waals surface area contributed by atoms with Crippen LogP contribution in [0.4, 0.5) is 8.78 Å². The molecule has 0 aromatic heterocycles. The third-order valence-electron chi connectivity index (χ3n) is 2.71. The van der Waals surface area contributed by atoms with Crippen molar-refractivity contribution in [2.24, 2.45) is 5.73 Å². The van der Waals surface area contributed by atoms with Crippen molar-refractivity contribution in [2.75, 3.05) is 20.5 Å². The quantitative estimate of drug-likeness (QED) is 0.847. The van der Waals surface area contributed by atoms with Gasteiger partial charge in [-0.3, -0.25) is 0 Å². The fourth-order valence-corrected chi connectivity index (χ4v) is 1.67. The molecule has 18 heavy (non-hydrogen) atoms. The molecule has 0 fully saturated rings. The molecule has 0 spiro atoms. The summed E-state index contributed by atoms with van der Waals surface area (Å²) in [6, 6.07) is 1.06. The van der Waals surface area contributed by atoms with E-state index in [1.807, 2.05) is 0 Å². The zero-order chi connectivity index (χ0) is 13.3. The summed E-state index contributed by atoms with van der Waals surface area (Å²) >= 11 is 0. The van der Waals surface area contributed by atoms with E-state index in [1.54, 1.807) is 0 Å². The van der Waals surface area contributed by atoms with Crippen molar-refractivity contribution < 1.29 is 28.1 Å². The van der Waals surface area contributed by atoms with Gasteiger partial charge in [-0.25, -0.2) is 8.78 Å². The SMILES string of the molecule is COc1cc([C@@H](N)C(F)(F)CO)cc2c1OCO2. The van der Waals surface area contributed by atoms with E-state index in [4.69, 9.17) is 25.1 Å². The van der Waals surface area contributed by atoms with Gasteiger partial charge in [0.15, 0.2) is 11.5 Å².